The number of hydrogen-bond donors (Lipinski definition) is 3. The fourth-order valence-electron chi connectivity index (χ4n) is 2.02. The molecule has 0 saturated heterocycles. The summed E-state index contributed by atoms with van der Waals surface area (Å²) in [6.07, 6.45) is -7.35. The van der Waals surface area contributed by atoms with Gasteiger partial charge in [0, 0.05) is 18.3 Å². The maximum atomic E-state index is 13.0. The zero-order valence-corrected chi connectivity index (χ0v) is 12.4. The van der Waals surface area contributed by atoms with Crippen LogP contribution in [-0.4, -0.2) is 21.9 Å². The second-order valence-electron chi connectivity index (χ2n) is 5.13. The minimum absolute atomic E-state index is 0.0339. The second kappa shape index (κ2) is 6.75. The molecule has 0 aliphatic rings. The fraction of sp³-hybridized carbons (Fsp3) is 0.286. The first-order valence-electron chi connectivity index (χ1n) is 6.80. The first-order chi connectivity index (χ1) is 11.5. The number of nitrogens with one attached hydrogen (secondary N) is 2. The van der Waals surface area contributed by atoms with Crippen LogP contribution in [0, 0.1) is 0 Å². The van der Waals surface area contributed by atoms with Crippen LogP contribution in [0.5, 0.6) is 0 Å². The molecule has 0 aliphatic carbocycles. The predicted molar refractivity (Wildman–Crippen MR) is 75.3 cm³/mol. The molecular formula is C14H12F6N4O. The van der Waals surface area contributed by atoms with E-state index in [2.05, 4.69) is 9.97 Å². The molecule has 1 atom stereocenters. The number of anilines is 1. The molecule has 0 saturated carbocycles. The summed E-state index contributed by atoms with van der Waals surface area (Å²) in [5.74, 6) is -0.972. The van der Waals surface area contributed by atoms with Crippen LogP contribution in [0.4, 0.5) is 32.0 Å². The number of amides is 1. The van der Waals surface area contributed by atoms with Crippen LogP contribution in [0.3, 0.4) is 0 Å². The fourth-order valence-corrected chi connectivity index (χ4v) is 2.02. The number of H-pyrrole nitrogens is 1. The van der Waals surface area contributed by atoms with Gasteiger partial charge in [-0.15, -0.1) is 0 Å². The van der Waals surface area contributed by atoms with Crippen molar-refractivity contribution in [1.29, 1.82) is 0 Å². The highest BCUT2D eigenvalue weighted by Crippen LogP contribution is 2.39. The third-order valence-electron chi connectivity index (χ3n) is 3.24. The molecule has 0 radical (unpaired) electrons. The number of imidazole rings is 1. The highest BCUT2D eigenvalue weighted by molar-refractivity contribution is 5.95. The van der Waals surface area contributed by atoms with Crippen LogP contribution in [0.1, 0.15) is 16.8 Å². The summed E-state index contributed by atoms with van der Waals surface area (Å²) < 4.78 is 76.8. The molecule has 0 bridgehead atoms. The van der Waals surface area contributed by atoms with Crippen molar-refractivity contribution in [3.63, 3.8) is 0 Å². The van der Waals surface area contributed by atoms with E-state index in [1.165, 1.54) is 12.5 Å². The van der Waals surface area contributed by atoms with Gasteiger partial charge in [-0.25, -0.2) is 4.98 Å². The average molecular weight is 366 g/mol. The molecule has 0 spiro atoms. The molecule has 0 unspecified atom stereocenters. The molecular weight excluding hydrogens is 354 g/mol. The molecule has 136 valence electrons. The van der Waals surface area contributed by atoms with E-state index >= 15 is 0 Å². The monoisotopic (exact) mass is 366 g/mol. The summed E-state index contributed by atoms with van der Waals surface area (Å²) in [7, 11) is 0. The summed E-state index contributed by atoms with van der Waals surface area (Å²) >= 11 is 0. The van der Waals surface area contributed by atoms with Crippen LogP contribution in [0.25, 0.3) is 0 Å². The summed E-state index contributed by atoms with van der Waals surface area (Å²) in [5.41, 5.74) is 2.19. The van der Waals surface area contributed by atoms with E-state index < -0.39 is 41.1 Å². The van der Waals surface area contributed by atoms with E-state index in [9.17, 15) is 31.1 Å². The number of benzene rings is 1. The van der Waals surface area contributed by atoms with E-state index in [0.717, 1.165) is 0 Å². The molecule has 1 aromatic carbocycles. The standard InChI is InChI=1S/C14H12F6N4O/c15-13(16,17)7-1-2-11(9(3-7)14(18,19)20)24-12(25)10(21)4-8-5-22-6-23-8/h1-3,5-6,10H,4,21H2,(H,22,23)(H,24,25)/t10-/m0/s1. The summed E-state index contributed by atoms with van der Waals surface area (Å²) in [4.78, 5) is 18.3. The van der Waals surface area contributed by atoms with Crippen molar-refractivity contribution < 1.29 is 31.1 Å². The number of halogens is 6. The van der Waals surface area contributed by atoms with E-state index in [1.54, 1.807) is 0 Å². The lowest BCUT2D eigenvalue weighted by atomic mass is 10.1. The predicted octanol–water partition coefficient (Wildman–Crippen LogP) is 2.96. The minimum atomic E-state index is -5.09. The van der Waals surface area contributed by atoms with Gasteiger partial charge in [-0.3, -0.25) is 4.79 Å². The number of aromatic nitrogens is 2. The molecule has 2 rings (SSSR count). The zero-order chi connectivity index (χ0) is 18.8. The summed E-state index contributed by atoms with van der Waals surface area (Å²) in [5, 5.41) is 1.92. The Morgan fingerprint density at radius 3 is 2.40 bits per heavy atom. The van der Waals surface area contributed by atoms with Crippen molar-refractivity contribution in [2.45, 2.75) is 24.8 Å². The lowest BCUT2D eigenvalue weighted by Gasteiger charge is -2.18. The molecule has 1 aromatic heterocycles. The third kappa shape index (κ3) is 4.72. The number of alkyl halides is 6. The second-order valence-corrected chi connectivity index (χ2v) is 5.13. The first kappa shape index (κ1) is 18.8. The number of aromatic amines is 1. The Bertz CT molecular complexity index is 739. The molecule has 0 aliphatic heterocycles. The minimum Gasteiger partial charge on any atom is -0.348 e. The lowest BCUT2D eigenvalue weighted by Crippen LogP contribution is -2.38. The van der Waals surface area contributed by atoms with Crippen LogP contribution in [0.15, 0.2) is 30.7 Å². The zero-order valence-electron chi connectivity index (χ0n) is 12.4. The molecule has 0 fully saturated rings. The van der Waals surface area contributed by atoms with Gasteiger partial charge < -0.3 is 16.0 Å². The average Bonchev–Trinajstić information content (AvgIpc) is 2.98. The van der Waals surface area contributed by atoms with Gasteiger partial charge >= 0.3 is 12.4 Å². The van der Waals surface area contributed by atoms with E-state index in [1.807, 2.05) is 5.32 Å². The number of carbonyl (C=O) groups is 1. The molecule has 4 N–H and O–H groups in total. The molecule has 2 aromatic rings. The normalized spacial score (nSPS) is 13.6. The van der Waals surface area contributed by atoms with Gasteiger partial charge in [0.1, 0.15) is 0 Å². The van der Waals surface area contributed by atoms with Crippen molar-refractivity contribution in [2.75, 3.05) is 5.32 Å². The van der Waals surface area contributed by atoms with Crippen LogP contribution in [0.2, 0.25) is 0 Å². The highest BCUT2D eigenvalue weighted by atomic mass is 19.4. The summed E-state index contributed by atoms with van der Waals surface area (Å²) in [6, 6.07) is -0.280. The third-order valence-corrected chi connectivity index (χ3v) is 3.24. The number of nitrogens with two attached hydrogens (primary N) is 1. The molecule has 1 heterocycles. The van der Waals surface area contributed by atoms with Crippen LogP contribution in [-0.2, 0) is 23.6 Å². The number of carbonyl (C=O) groups excluding carboxylic acids is 1. The quantitative estimate of drug-likeness (QED) is 0.728. The smallest absolute Gasteiger partial charge is 0.348 e. The Labute approximate surface area is 137 Å². The van der Waals surface area contributed by atoms with Gasteiger partial charge in [0.25, 0.3) is 0 Å². The van der Waals surface area contributed by atoms with Crippen molar-refractivity contribution in [2.24, 2.45) is 5.73 Å². The number of hydrogen-bond acceptors (Lipinski definition) is 3. The maximum Gasteiger partial charge on any atom is 0.418 e. The Morgan fingerprint density at radius 1 is 1.20 bits per heavy atom. The van der Waals surface area contributed by atoms with E-state index in [-0.39, 0.29) is 12.5 Å². The van der Waals surface area contributed by atoms with Gasteiger partial charge in [0.15, 0.2) is 0 Å². The van der Waals surface area contributed by atoms with Crippen LogP contribution >= 0.6 is 0 Å². The highest BCUT2D eigenvalue weighted by Gasteiger charge is 2.38. The Balaban J connectivity index is 2.24. The lowest BCUT2D eigenvalue weighted by molar-refractivity contribution is -0.142. The molecule has 11 heteroatoms. The number of nitrogens with zero attached hydrogens (tertiary/aromatic N) is 1. The van der Waals surface area contributed by atoms with E-state index in [4.69, 9.17) is 5.73 Å². The van der Waals surface area contributed by atoms with Gasteiger partial charge in [-0.2, -0.15) is 26.3 Å². The summed E-state index contributed by atoms with van der Waals surface area (Å²) in [6.45, 7) is 0. The van der Waals surface area contributed by atoms with Crippen LogP contribution < -0.4 is 11.1 Å². The molecule has 1 amide bonds. The SMILES string of the molecule is N[C@@H](Cc1cnc[nH]1)C(=O)Nc1ccc(C(F)(F)F)cc1C(F)(F)F. The molecule has 5 nitrogen and oxygen atoms in total. The largest absolute Gasteiger partial charge is 0.418 e. The Hall–Kier alpha value is -2.56. The van der Waals surface area contributed by atoms with Crippen molar-refractivity contribution in [3.8, 4) is 0 Å². The van der Waals surface area contributed by atoms with Gasteiger partial charge in [0.2, 0.25) is 5.91 Å². The Morgan fingerprint density at radius 2 is 1.88 bits per heavy atom. The Kier molecular flexibility index (Phi) is 5.07. The van der Waals surface area contributed by atoms with Crippen molar-refractivity contribution >= 4 is 11.6 Å². The van der Waals surface area contributed by atoms with Gasteiger partial charge in [-0.1, -0.05) is 0 Å². The maximum absolute atomic E-state index is 13.0. The van der Waals surface area contributed by atoms with Crippen molar-refractivity contribution in [3.05, 3.63) is 47.5 Å². The first-order valence-corrected chi connectivity index (χ1v) is 6.80. The topological polar surface area (TPSA) is 83.8 Å². The van der Waals surface area contributed by atoms with Gasteiger partial charge in [-0.05, 0) is 18.2 Å². The van der Waals surface area contributed by atoms with Gasteiger partial charge in [0.05, 0.1) is 29.2 Å². The van der Waals surface area contributed by atoms with Crippen molar-refractivity contribution in [1.82, 2.24) is 9.97 Å². The molecule has 25 heavy (non-hydrogen) atoms. The van der Waals surface area contributed by atoms with E-state index in [0.29, 0.717) is 17.8 Å². The number of rotatable bonds is 4.